The summed E-state index contributed by atoms with van der Waals surface area (Å²) in [6.07, 6.45) is 3.85. The van der Waals surface area contributed by atoms with Crippen molar-refractivity contribution in [2.75, 3.05) is 0 Å². The van der Waals surface area contributed by atoms with Crippen LogP contribution in [0.3, 0.4) is 0 Å². The van der Waals surface area contributed by atoms with E-state index in [0.717, 1.165) is 17.0 Å². The van der Waals surface area contributed by atoms with E-state index in [1.807, 2.05) is 30.3 Å². The Labute approximate surface area is 183 Å². The number of rotatable bonds is 10. The molecule has 2 heterocycles. The lowest BCUT2D eigenvalue weighted by molar-refractivity contribution is -0.147. The second-order valence-electron chi connectivity index (χ2n) is 7.88. The fourth-order valence-corrected chi connectivity index (χ4v) is 3.76. The van der Waals surface area contributed by atoms with E-state index in [-0.39, 0.29) is 19.4 Å². The van der Waals surface area contributed by atoms with Crippen LogP contribution in [0.25, 0.3) is 11.4 Å². The smallest absolute Gasteiger partial charge is 0.309 e. The number of carboxylic acids is 1. The molecule has 31 heavy (non-hydrogen) atoms. The molecule has 0 saturated heterocycles. The van der Waals surface area contributed by atoms with Crippen molar-refractivity contribution in [2.45, 2.75) is 38.5 Å². The number of pyridine rings is 1. The summed E-state index contributed by atoms with van der Waals surface area (Å²) in [5.74, 6) is -0.330. The Morgan fingerprint density at radius 1 is 1.26 bits per heavy atom. The summed E-state index contributed by atoms with van der Waals surface area (Å²) in [5.41, 5.74) is 2.12. The average Bonchev–Trinajstić information content (AvgIpc) is 3.27. The maximum absolute atomic E-state index is 11.9. The van der Waals surface area contributed by atoms with Crippen LogP contribution in [0.1, 0.15) is 43.1 Å². The molecule has 3 N–H and O–H groups in total. The second-order valence-corrected chi connectivity index (χ2v) is 9.00. The van der Waals surface area contributed by atoms with Crippen molar-refractivity contribution >= 4 is 17.0 Å². The molecule has 0 fully saturated rings. The zero-order chi connectivity index (χ0) is 22.4. The lowest BCUT2D eigenvalue weighted by Gasteiger charge is -2.22. The van der Waals surface area contributed by atoms with Gasteiger partial charge in [0.15, 0.2) is 11.1 Å². The highest BCUT2D eigenvalue weighted by Gasteiger charge is 2.30. The third-order valence-electron chi connectivity index (χ3n) is 5.10. The largest absolute Gasteiger partial charge is 0.487 e. The highest BCUT2D eigenvalue weighted by Crippen LogP contribution is 2.32. The summed E-state index contributed by atoms with van der Waals surface area (Å²) in [7, 11) is 0. The Morgan fingerprint density at radius 2 is 2.06 bits per heavy atom. The quantitative estimate of drug-likeness (QED) is 0.401. The van der Waals surface area contributed by atoms with Crippen molar-refractivity contribution in [3.8, 4) is 17.1 Å². The summed E-state index contributed by atoms with van der Waals surface area (Å²) in [4.78, 5) is 15.7. The van der Waals surface area contributed by atoms with Gasteiger partial charge in [0.25, 0.3) is 0 Å². The van der Waals surface area contributed by atoms with Crippen molar-refractivity contribution in [3.05, 3.63) is 66.0 Å². The summed E-state index contributed by atoms with van der Waals surface area (Å²) in [5, 5.41) is 15.4. The number of ether oxygens (including phenoxy) is 1. The van der Waals surface area contributed by atoms with E-state index < -0.39 is 27.7 Å². The molecular formula is C22H25N3O5S. The molecule has 0 aliphatic rings. The van der Waals surface area contributed by atoms with Gasteiger partial charge < -0.3 is 14.4 Å². The molecule has 0 amide bonds. The van der Waals surface area contributed by atoms with Crippen LogP contribution in [0, 0.1) is 5.41 Å². The van der Waals surface area contributed by atoms with Gasteiger partial charge in [-0.1, -0.05) is 24.3 Å². The van der Waals surface area contributed by atoms with Crippen LogP contribution < -0.4 is 4.74 Å². The molecule has 0 saturated carbocycles. The normalized spacial score (nSPS) is 13.5. The SMILES string of the molecule is CC(C)(CCC(c1cccc(COc2ccc(-c3ccn[nH]3)nc2)c1)S(=O)O)C(=O)O. The van der Waals surface area contributed by atoms with Gasteiger partial charge in [-0.15, -0.1) is 0 Å². The maximum Gasteiger partial charge on any atom is 0.309 e. The lowest BCUT2D eigenvalue weighted by atomic mass is 9.86. The van der Waals surface area contributed by atoms with E-state index in [1.165, 1.54) is 0 Å². The van der Waals surface area contributed by atoms with Crippen LogP contribution in [-0.4, -0.2) is 35.0 Å². The Balaban J connectivity index is 1.65. The van der Waals surface area contributed by atoms with Crippen LogP contribution in [0.4, 0.5) is 0 Å². The molecule has 8 nitrogen and oxygen atoms in total. The maximum atomic E-state index is 11.9. The highest BCUT2D eigenvalue weighted by atomic mass is 32.2. The molecule has 9 heteroatoms. The van der Waals surface area contributed by atoms with Gasteiger partial charge in [-0.25, -0.2) is 4.21 Å². The molecule has 0 bridgehead atoms. The molecular weight excluding hydrogens is 418 g/mol. The summed E-state index contributed by atoms with van der Waals surface area (Å²) >= 11 is -2.12. The van der Waals surface area contributed by atoms with Crippen LogP contribution >= 0.6 is 0 Å². The van der Waals surface area contributed by atoms with Crippen LogP contribution in [0.5, 0.6) is 5.75 Å². The van der Waals surface area contributed by atoms with E-state index in [9.17, 15) is 18.7 Å². The Bertz CT molecular complexity index is 1040. The molecule has 3 rings (SSSR count). The molecule has 2 atom stereocenters. The Morgan fingerprint density at radius 3 is 2.68 bits per heavy atom. The number of hydrogen-bond acceptors (Lipinski definition) is 5. The van der Waals surface area contributed by atoms with E-state index in [0.29, 0.717) is 11.3 Å². The molecule has 3 aromatic rings. The first kappa shape index (κ1) is 22.6. The van der Waals surface area contributed by atoms with Crippen LogP contribution in [-0.2, 0) is 22.5 Å². The second kappa shape index (κ2) is 9.84. The third-order valence-corrected chi connectivity index (χ3v) is 6.09. The Hall–Kier alpha value is -3.04. The molecule has 0 radical (unpaired) electrons. The van der Waals surface area contributed by atoms with Crippen molar-refractivity contribution in [1.29, 1.82) is 0 Å². The van der Waals surface area contributed by atoms with E-state index in [4.69, 9.17) is 4.74 Å². The first-order valence-corrected chi connectivity index (χ1v) is 10.9. The number of aliphatic carboxylic acids is 1. The number of H-pyrrole nitrogens is 1. The summed E-state index contributed by atoms with van der Waals surface area (Å²) < 4.78 is 27.5. The lowest BCUT2D eigenvalue weighted by Crippen LogP contribution is -2.24. The average molecular weight is 444 g/mol. The Kier molecular flexibility index (Phi) is 7.19. The molecule has 0 spiro atoms. The monoisotopic (exact) mass is 443 g/mol. The topological polar surface area (TPSA) is 125 Å². The predicted octanol–water partition coefficient (Wildman–Crippen LogP) is 4.20. The number of nitrogens with one attached hydrogen (secondary N) is 1. The fraction of sp³-hybridized carbons (Fsp3) is 0.318. The van der Waals surface area contributed by atoms with Gasteiger partial charge >= 0.3 is 5.97 Å². The number of nitrogens with zero attached hydrogens (tertiary/aromatic N) is 2. The minimum absolute atomic E-state index is 0.268. The van der Waals surface area contributed by atoms with Crippen molar-refractivity contribution in [2.24, 2.45) is 5.41 Å². The van der Waals surface area contributed by atoms with E-state index >= 15 is 0 Å². The van der Waals surface area contributed by atoms with Gasteiger partial charge in [0.1, 0.15) is 12.4 Å². The number of aromatic nitrogens is 3. The molecule has 0 aliphatic heterocycles. The minimum Gasteiger partial charge on any atom is -0.487 e. The van der Waals surface area contributed by atoms with Crippen molar-refractivity contribution in [1.82, 2.24) is 15.2 Å². The molecule has 0 aliphatic carbocycles. The summed E-state index contributed by atoms with van der Waals surface area (Å²) in [6.45, 7) is 3.50. The zero-order valence-corrected chi connectivity index (χ0v) is 18.1. The summed E-state index contributed by atoms with van der Waals surface area (Å²) in [6, 6.07) is 12.7. The van der Waals surface area contributed by atoms with Crippen molar-refractivity contribution < 1.29 is 23.4 Å². The number of benzene rings is 1. The first-order valence-electron chi connectivity index (χ1n) is 9.77. The molecule has 2 unspecified atom stereocenters. The molecule has 164 valence electrons. The fourth-order valence-electron chi connectivity index (χ4n) is 3.06. The standard InChI is InChI=1S/C22H25N3O5S/c1-22(2,21(26)27)10-8-20(31(28)29)16-5-3-4-15(12-16)14-30-17-6-7-18(23-13-17)19-9-11-24-25-19/h3-7,9,11-13,20H,8,10,14H2,1-2H3,(H,24,25)(H,26,27)(H,28,29). The van der Waals surface area contributed by atoms with E-state index in [1.54, 1.807) is 38.4 Å². The van der Waals surface area contributed by atoms with Crippen LogP contribution in [0.15, 0.2) is 54.9 Å². The van der Waals surface area contributed by atoms with Gasteiger partial charge in [0.2, 0.25) is 0 Å². The number of carbonyl (C=O) groups is 1. The number of hydrogen-bond donors (Lipinski definition) is 3. The van der Waals surface area contributed by atoms with Gasteiger partial charge in [0, 0.05) is 6.20 Å². The molecule has 2 aromatic heterocycles. The van der Waals surface area contributed by atoms with Crippen LogP contribution in [0.2, 0.25) is 0 Å². The predicted molar refractivity (Wildman–Crippen MR) is 117 cm³/mol. The van der Waals surface area contributed by atoms with Gasteiger partial charge in [-0.3, -0.25) is 14.9 Å². The third kappa shape index (κ3) is 5.99. The van der Waals surface area contributed by atoms with Gasteiger partial charge in [-0.2, -0.15) is 5.10 Å². The highest BCUT2D eigenvalue weighted by molar-refractivity contribution is 7.79. The number of carboxylic acid groups (broad SMARTS) is 1. The minimum atomic E-state index is -2.12. The number of aromatic amines is 1. The van der Waals surface area contributed by atoms with Gasteiger partial charge in [0.05, 0.1) is 28.2 Å². The van der Waals surface area contributed by atoms with Gasteiger partial charge in [-0.05, 0) is 56.0 Å². The first-order chi connectivity index (χ1) is 14.8. The van der Waals surface area contributed by atoms with Crippen molar-refractivity contribution in [3.63, 3.8) is 0 Å². The van der Waals surface area contributed by atoms with E-state index in [2.05, 4.69) is 15.2 Å². The zero-order valence-electron chi connectivity index (χ0n) is 17.3. The molecule has 1 aromatic carbocycles.